The van der Waals surface area contributed by atoms with Crippen molar-refractivity contribution in [2.24, 2.45) is 5.73 Å². The quantitative estimate of drug-likeness (QED) is 0.529. The van der Waals surface area contributed by atoms with Crippen molar-refractivity contribution in [3.63, 3.8) is 0 Å². The fourth-order valence-electron chi connectivity index (χ4n) is 4.39. The number of fused-ring (bicyclic) bond motifs is 1. The minimum atomic E-state index is 0.177. The Bertz CT molecular complexity index is 1290. The lowest BCUT2D eigenvalue weighted by Crippen LogP contribution is -2.43. The minimum Gasteiger partial charge on any atom is -0.353 e. The number of piperidine rings is 1. The monoisotopic (exact) mass is 427 g/mol. The number of aryl methyl sites for hydroxylation is 1. The highest BCUT2D eigenvalue weighted by Crippen LogP contribution is 2.43. The molecule has 162 valence electrons. The molecule has 1 saturated heterocycles. The molecule has 2 fully saturated rings. The first kappa shape index (κ1) is 19.2. The van der Waals surface area contributed by atoms with Gasteiger partial charge in [-0.15, -0.1) is 0 Å². The predicted molar refractivity (Wildman–Crippen MR) is 122 cm³/mol. The van der Waals surface area contributed by atoms with Crippen molar-refractivity contribution >= 4 is 16.7 Å². The van der Waals surface area contributed by atoms with Crippen molar-refractivity contribution in [2.75, 3.05) is 18.0 Å². The zero-order valence-corrected chi connectivity index (χ0v) is 18.0. The van der Waals surface area contributed by atoms with Gasteiger partial charge in [0.15, 0.2) is 11.6 Å². The standard InChI is InChI=1S/C23H25N9/c1-14-8-25-11-19(29-14)18-7-20-16(9-26-18)10-28-32(20)21-12-27-22(15-4-5-15)23(30-21)31-6-2-3-17(24)13-31/h7-12,15,17H,2-6,13,24H2,1H3. The van der Waals surface area contributed by atoms with Crippen LogP contribution in [0, 0.1) is 6.92 Å². The molecule has 2 N–H and O–H groups in total. The molecule has 9 heteroatoms. The fraction of sp³-hybridized carbons (Fsp3) is 0.391. The van der Waals surface area contributed by atoms with Crippen molar-refractivity contribution in [2.45, 2.75) is 44.6 Å². The van der Waals surface area contributed by atoms with Crippen LogP contribution in [0.5, 0.6) is 0 Å². The van der Waals surface area contributed by atoms with Gasteiger partial charge in [-0.1, -0.05) is 0 Å². The Morgan fingerprint density at radius 2 is 1.88 bits per heavy atom. The molecule has 1 atom stereocenters. The van der Waals surface area contributed by atoms with E-state index in [0.717, 1.165) is 65.4 Å². The van der Waals surface area contributed by atoms with Gasteiger partial charge >= 0.3 is 0 Å². The number of anilines is 1. The van der Waals surface area contributed by atoms with Crippen molar-refractivity contribution in [1.29, 1.82) is 0 Å². The van der Waals surface area contributed by atoms with Crippen LogP contribution in [0.25, 0.3) is 28.1 Å². The van der Waals surface area contributed by atoms with Crippen LogP contribution in [0.2, 0.25) is 0 Å². The SMILES string of the molecule is Cc1cncc(-c2cc3c(cn2)cnn3-c2cnc(C3CC3)c(N3CCCC(N)C3)n2)n1. The zero-order valence-electron chi connectivity index (χ0n) is 18.0. The second-order valence-electron chi connectivity index (χ2n) is 8.79. The van der Waals surface area contributed by atoms with E-state index in [1.165, 1.54) is 12.8 Å². The average molecular weight is 428 g/mol. The number of pyridine rings is 1. The maximum Gasteiger partial charge on any atom is 0.174 e. The Labute approximate surface area is 185 Å². The van der Waals surface area contributed by atoms with E-state index in [1.54, 1.807) is 18.6 Å². The third-order valence-corrected chi connectivity index (χ3v) is 6.18. The van der Waals surface area contributed by atoms with Gasteiger partial charge in [-0.3, -0.25) is 15.0 Å². The smallest absolute Gasteiger partial charge is 0.174 e. The molecule has 32 heavy (non-hydrogen) atoms. The van der Waals surface area contributed by atoms with E-state index >= 15 is 0 Å². The van der Waals surface area contributed by atoms with E-state index in [0.29, 0.717) is 11.7 Å². The van der Waals surface area contributed by atoms with Gasteiger partial charge in [-0.05, 0) is 38.7 Å². The summed E-state index contributed by atoms with van der Waals surface area (Å²) < 4.78 is 1.83. The molecule has 1 saturated carbocycles. The van der Waals surface area contributed by atoms with Gasteiger partial charge < -0.3 is 10.6 Å². The largest absolute Gasteiger partial charge is 0.353 e. The summed E-state index contributed by atoms with van der Waals surface area (Å²) in [5, 5.41) is 5.54. The van der Waals surface area contributed by atoms with Crippen LogP contribution in [0.1, 0.15) is 43.0 Å². The highest BCUT2D eigenvalue weighted by atomic mass is 15.3. The number of hydrogen-bond acceptors (Lipinski definition) is 8. The lowest BCUT2D eigenvalue weighted by molar-refractivity contribution is 0.501. The van der Waals surface area contributed by atoms with Gasteiger partial charge in [0.1, 0.15) is 5.69 Å². The summed E-state index contributed by atoms with van der Waals surface area (Å²) in [4.78, 5) is 25.6. The summed E-state index contributed by atoms with van der Waals surface area (Å²) in [7, 11) is 0. The number of nitrogens with two attached hydrogens (primary N) is 1. The van der Waals surface area contributed by atoms with E-state index in [2.05, 4.69) is 25.0 Å². The lowest BCUT2D eigenvalue weighted by Gasteiger charge is -2.32. The van der Waals surface area contributed by atoms with Gasteiger partial charge in [0, 0.05) is 42.8 Å². The molecule has 4 aromatic heterocycles. The molecule has 5 heterocycles. The van der Waals surface area contributed by atoms with E-state index < -0.39 is 0 Å². The van der Waals surface area contributed by atoms with E-state index in [1.807, 2.05) is 30.1 Å². The normalized spacial score (nSPS) is 18.9. The molecule has 6 rings (SSSR count). The molecular formula is C23H25N9. The molecule has 0 amide bonds. The van der Waals surface area contributed by atoms with Crippen LogP contribution in [-0.2, 0) is 0 Å². The molecule has 1 aliphatic heterocycles. The molecule has 4 aromatic rings. The van der Waals surface area contributed by atoms with E-state index in [9.17, 15) is 0 Å². The topological polar surface area (TPSA) is 112 Å². The van der Waals surface area contributed by atoms with E-state index in [-0.39, 0.29) is 6.04 Å². The van der Waals surface area contributed by atoms with Crippen LogP contribution in [0.15, 0.2) is 37.1 Å². The molecule has 0 aromatic carbocycles. The summed E-state index contributed by atoms with van der Waals surface area (Å²) in [5.74, 6) is 2.17. The fourth-order valence-corrected chi connectivity index (χ4v) is 4.39. The third kappa shape index (κ3) is 3.48. The average Bonchev–Trinajstić information content (AvgIpc) is 3.57. The molecule has 2 aliphatic rings. The van der Waals surface area contributed by atoms with Crippen molar-refractivity contribution in [3.8, 4) is 17.2 Å². The van der Waals surface area contributed by atoms with Gasteiger partial charge in [0.2, 0.25) is 0 Å². The van der Waals surface area contributed by atoms with Gasteiger partial charge in [0.25, 0.3) is 0 Å². The summed E-state index contributed by atoms with van der Waals surface area (Å²) in [6, 6.07) is 2.16. The Kier molecular flexibility index (Phi) is 4.57. The van der Waals surface area contributed by atoms with Crippen LogP contribution >= 0.6 is 0 Å². The van der Waals surface area contributed by atoms with Crippen LogP contribution in [-0.4, -0.2) is 53.8 Å². The third-order valence-electron chi connectivity index (χ3n) is 6.18. The zero-order chi connectivity index (χ0) is 21.7. The predicted octanol–water partition coefficient (Wildman–Crippen LogP) is 2.78. The first-order chi connectivity index (χ1) is 15.7. The maximum absolute atomic E-state index is 6.27. The molecule has 1 unspecified atom stereocenters. The summed E-state index contributed by atoms with van der Waals surface area (Å²) in [6.45, 7) is 3.70. The number of rotatable bonds is 4. The van der Waals surface area contributed by atoms with Crippen molar-refractivity contribution < 1.29 is 0 Å². The molecule has 0 spiro atoms. The minimum absolute atomic E-state index is 0.177. The Balaban J connectivity index is 1.44. The number of nitrogens with zero attached hydrogens (tertiary/aromatic N) is 8. The van der Waals surface area contributed by atoms with Crippen molar-refractivity contribution in [1.82, 2.24) is 34.7 Å². The molecular weight excluding hydrogens is 402 g/mol. The number of aromatic nitrogens is 7. The molecule has 0 radical (unpaired) electrons. The van der Waals surface area contributed by atoms with Crippen LogP contribution in [0.4, 0.5) is 5.82 Å². The first-order valence-corrected chi connectivity index (χ1v) is 11.2. The van der Waals surface area contributed by atoms with Crippen LogP contribution in [0.3, 0.4) is 0 Å². The second-order valence-corrected chi connectivity index (χ2v) is 8.79. The van der Waals surface area contributed by atoms with Crippen LogP contribution < -0.4 is 10.6 Å². The Hall–Kier alpha value is -3.46. The summed E-state index contributed by atoms with van der Waals surface area (Å²) in [6.07, 6.45) is 13.4. The van der Waals surface area contributed by atoms with Gasteiger partial charge in [0.05, 0.1) is 41.2 Å². The Morgan fingerprint density at radius 1 is 0.969 bits per heavy atom. The van der Waals surface area contributed by atoms with Gasteiger partial charge in [-0.2, -0.15) is 5.10 Å². The second kappa shape index (κ2) is 7.59. The maximum atomic E-state index is 6.27. The van der Waals surface area contributed by atoms with E-state index in [4.69, 9.17) is 15.7 Å². The highest BCUT2D eigenvalue weighted by Gasteiger charge is 2.32. The molecule has 1 aliphatic carbocycles. The highest BCUT2D eigenvalue weighted by molar-refractivity contribution is 5.82. The van der Waals surface area contributed by atoms with Crippen molar-refractivity contribution in [3.05, 3.63) is 48.4 Å². The summed E-state index contributed by atoms with van der Waals surface area (Å²) >= 11 is 0. The summed E-state index contributed by atoms with van der Waals surface area (Å²) in [5.41, 5.74) is 10.6. The number of hydrogen-bond donors (Lipinski definition) is 1. The first-order valence-electron chi connectivity index (χ1n) is 11.2. The molecule has 9 nitrogen and oxygen atoms in total. The lowest BCUT2D eigenvalue weighted by atomic mass is 10.1. The Morgan fingerprint density at radius 3 is 2.69 bits per heavy atom. The van der Waals surface area contributed by atoms with Gasteiger partial charge in [-0.25, -0.2) is 14.6 Å². The molecule has 0 bridgehead atoms.